The van der Waals surface area contributed by atoms with E-state index in [9.17, 15) is 9.59 Å². The van der Waals surface area contributed by atoms with Crippen LogP contribution in [0, 0.1) is 20.8 Å². The standard InChI is InChI=1S/C18H22N2O3S/c1-6-13-12(5)24-17(15(13)18(22)23-7-2)20-16(21)14-9-8-10(3)19-11(14)4/h8-9H,6-7H2,1-5H3,(H,20,21). The summed E-state index contributed by atoms with van der Waals surface area (Å²) < 4.78 is 5.16. The van der Waals surface area contributed by atoms with Gasteiger partial charge in [-0.25, -0.2) is 4.79 Å². The summed E-state index contributed by atoms with van der Waals surface area (Å²) >= 11 is 1.40. The smallest absolute Gasteiger partial charge is 0.341 e. The van der Waals surface area contributed by atoms with Crippen LogP contribution in [0.3, 0.4) is 0 Å². The molecule has 5 nitrogen and oxygen atoms in total. The summed E-state index contributed by atoms with van der Waals surface area (Å²) in [5, 5.41) is 3.40. The van der Waals surface area contributed by atoms with Crippen molar-refractivity contribution in [3.05, 3.63) is 45.1 Å². The van der Waals surface area contributed by atoms with E-state index in [2.05, 4.69) is 10.3 Å². The molecule has 1 N–H and O–H groups in total. The number of carbonyl (C=O) groups is 2. The highest BCUT2D eigenvalue weighted by molar-refractivity contribution is 7.16. The summed E-state index contributed by atoms with van der Waals surface area (Å²) in [4.78, 5) is 30.2. The van der Waals surface area contributed by atoms with E-state index >= 15 is 0 Å². The largest absolute Gasteiger partial charge is 0.462 e. The zero-order valence-corrected chi connectivity index (χ0v) is 15.5. The lowest BCUT2D eigenvalue weighted by Crippen LogP contribution is -2.16. The average molecular weight is 346 g/mol. The van der Waals surface area contributed by atoms with Crippen LogP contribution in [0.25, 0.3) is 0 Å². The van der Waals surface area contributed by atoms with E-state index in [0.29, 0.717) is 34.8 Å². The van der Waals surface area contributed by atoms with Crippen LogP contribution in [0.1, 0.15) is 56.4 Å². The van der Waals surface area contributed by atoms with Gasteiger partial charge >= 0.3 is 5.97 Å². The lowest BCUT2D eigenvalue weighted by molar-refractivity contribution is 0.0527. The Morgan fingerprint density at radius 2 is 1.92 bits per heavy atom. The van der Waals surface area contributed by atoms with Crippen molar-refractivity contribution in [3.8, 4) is 0 Å². The number of ether oxygens (including phenoxy) is 1. The van der Waals surface area contributed by atoms with Crippen molar-refractivity contribution in [2.45, 2.75) is 41.0 Å². The van der Waals surface area contributed by atoms with Gasteiger partial charge in [0, 0.05) is 10.6 Å². The summed E-state index contributed by atoms with van der Waals surface area (Å²) in [5.41, 5.74) is 3.41. The van der Waals surface area contributed by atoms with Crippen LogP contribution in [0.15, 0.2) is 12.1 Å². The molecule has 6 heteroatoms. The van der Waals surface area contributed by atoms with E-state index in [1.807, 2.05) is 20.8 Å². The van der Waals surface area contributed by atoms with Gasteiger partial charge in [-0.1, -0.05) is 6.92 Å². The Morgan fingerprint density at radius 1 is 1.21 bits per heavy atom. The Hall–Kier alpha value is -2.21. The van der Waals surface area contributed by atoms with Crippen LogP contribution in [0.4, 0.5) is 5.00 Å². The molecule has 1 amide bonds. The van der Waals surface area contributed by atoms with E-state index in [4.69, 9.17) is 4.74 Å². The number of aromatic nitrogens is 1. The van der Waals surface area contributed by atoms with Gasteiger partial charge in [-0.2, -0.15) is 0 Å². The Labute approximate surface area is 146 Å². The van der Waals surface area contributed by atoms with Crippen LogP contribution in [-0.4, -0.2) is 23.5 Å². The third kappa shape index (κ3) is 3.64. The molecule has 0 saturated carbocycles. The molecule has 0 atom stereocenters. The number of thiophene rings is 1. The van der Waals surface area contributed by atoms with E-state index in [1.165, 1.54) is 11.3 Å². The summed E-state index contributed by atoms with van der Waals surface area (Å²) in [6, 6.07) is 3.55. The first-order chi connectivity index (χ1) is 11.4. The molecular formula is C18H22N2O3S. The molecule has 0 spiro atoms. The van der Waals surface area contributed by atoms with Crippen molar-refractivity contribution < 1.29 is 14.3 Å². The van der Waals surface area contributed by atoms with E-state index in [-0.39, 0.29) is 5.91 Å². The number of carbonyl (C=O) groups excluding carboxylic acids is 2. The second-order valence-corrected chi connectivity index (χ2v) is 6.68. The molecule has 0 aromatic carbocycles. The number of amides is 1. The van der Waals surface area contributed by atoms with Gasteiger partial charge in [0.05, 0.1) is 23.4 Å². The number of esters is 1. The van der Waals surface area contributed by atoms with Crippen LogP contribution in [0.2, 0.25) is 0 Å². The van der Waals surface area contributed by atoms with Gasteiger partial charge in [0.15, 0.2) is 0 Å². The van der Waals surface area contributed by atoms with E-state index in [1.54, 1.807) is 26.0 Å². The van der Waals surface area contributed by atoms with Gasteiger partial charge < -0.3 is 10.1 Å². The zero-order chi connectivity index (χ0) is 17.9. The molecule has 0 unspecified atom stereocenters. The predicted octanol–water partition coefficient (Wildman–Crippen LogP) is 4.06. The molecule has 2 aromatic heterocycles. The summed E-state index contributed by atoms with van der Waals surface area (Å²) in [6.45, 7) is 9.67. The van der Waals surface area contributed by atoms with Crippen molar-refractivity contribution >= 4 is 28.2 Å². The molecule has 2 aromatic rings. The minimum atomic E-state index is -0.396. The molecule has 0 fully saturated rings. The topological polar surface area (TPSA) is 68.3 Å². The van der Waals surface area contributed by atoms with E-state index in [0.717, 1.165) is 16.1 Å². The number of pyridine rings is 1. The molecule has 0 aliphatic carbocycles. The highest BCUT2D eigenvalue weighted by atomic mass is 32.1. The molecule has 0 bridgehead atoms. The van der Waals surface area contributed by atoms with Crippen molar-refractivity contribution in [1.82, 2.24) is 4.98 Å². The third-order valence-electron chi connectivity index (χ3n) is 3.74. The van der Waals surface area contributed by atoms with Gasteiger partial charge in [-0.05, 0) is 51.8 Å². The Bertz CT molecular complexity index is 781. The SMILES string of the molecule is CCOC(=O)c1c(NC(=O)c2ccc(C)nc2C)sc(C)c1CC. The van der Waals surface area contributed by atoms with Crippen LogP contribution < -0.4 is 5.32 Å². The van der Waals surface area contributed by atoms with Gasteiger partial charge in [0.1, 0.15) is 5.00 Å². The molecule has 24 heavy (non-hydrogen) atoms. The van der Waals surface area contributed by atoms with Gasteiger partial charge in [-0.15, -0.1) is 11.3 Å². The maximum absolute atomic E-state index is 12.6. The third-order valence-corrected chi connectivity index (χ3v) is 4.80. The molecule has 0 aliphatic heterocycles. The van der Waals surface area contributed by atoms with E-state index < -0.39 is 5.97 Å². The minimum Gasteiger partial charge on any atom is -0.462 e. The van der Waals surface area contributed by atoms with Crippen molar-refractivity contribution in [3.63, 3.8) is 0 Å². The Kier molecular flexibility index (Phi) is 5.72. The first kappa shape index (κ1) is 18.1. The maximum Gasteiger partial charge on any atom is 0.341 e. The predicted molar refractivity (Wildman–Crippen MR) is 96.1 cm³/mol. The number of nitrogens with zero attached hydrogens (tertiary/aromatic N) is 1. The monoisotopic (exact) mass is 346 g/mol. The number of aryl methyl sites for hydroxylation is 3. The Morgan fingerprint density at radius 3 is 2.50 bits per heavy atom. The van der Waals surface area contributed by atoms with Gasteiger partial charge in [0.2, 0.25) is 0 Å². The fourth-order valence-electron chi connectivity index (χ4n) is 2.61. The molecule has 0 radical (unpaired) electrons. The maximum atomic E-state index is 12.6. The summed E-state index contributed by atoms with van der Waals surface area (Å²) in [5.74, 6) is -0.665. The summed E-state index contributed by atoms with van der Waals surface area (Å²) in [6.07, 6.45) is 0.706. The van der Waals surface area contributed by atoms with Crippen molar-refractivity contribution in [2.75, 3.05) is 11.9 Å². The second kappa shape index (κ2) is 7.57. The quantitative estimate of drug-likeness (QED) is 0.829. The highest BCUT2D eigenvalue weighted by Crippen LogP contribution is 2.34. The summed E-state index contributed by atoms with van der Waals surface area (Å²) in [7, 11) is 0. The molecule has 0 aliphatic rings. The average Bonchev–Trinajstić information content (AvgIpc) is 2.82. The molecule has 128 valence electrons. The zero-order valence-electron chi connectivity index (χ0n) is 14.6. The molecule has 2 heterocycles. The Balaban J connectivity index is 2.38. The number of rotatable bonds is 5. The van der Waals surface area contributed by atoms with Gasteiger partial charge in [0.25, 0.3) is 5.91 Å². The minimum absolute atomic E-state index is 0.269. The number of nitrogens with one attached hydrogen (secondary N) is 1. The first-order valence-electron chi connectivity index (χ1n) is 7.93. The van der Waals surface area contributed by atoms with Crippen LogP contribution in [0.5, 0.6) is 0 Å². The first-order valence-corrected chi connectivity index (χ1v) is 8.75. The fourth-order valence-corrected chi connectivity index (χ4v) is 3.74. The molecular weight excluding hydrogens is 324 g/mol. The van der Waals surface area contributed by atoms with Crippen molar-refractivity contribution in [2.24, 2.45) is 0 Å². The highest BCUT2D eigenvalue weighted by Gasteiger charge is 2.24. The lowest BCUT2D eigenvalue weighted by atomic mass is 10.1. The number of hydrogen-bond acceptors (Lipinski definition) is 5. The van der Waals surface area contributed by atoms with Crippen LogP contribution >= 0.6 is 11.3 Å². The normalized spacial score (nSPS) is 10.5. The number of hydrogen-bond donors (Lipinski definition) is 1. The van der Waals surface area contributed by atoms with Crippen LogP contribution in [-0.2, 0) is 11.2 Å². The molecule has 0 saturated heterocycles. The van der Waals surface area contributed by atoms with Crippen molar-refractivity contribution in [1.29, 1.82) is 0 Å². The number of anilines is 1. The second-order valence-electron chi connectivity index (χ2n) is 5.45. The lowest BCUT2D eigenvalue weighted by Gasteiger charge is -2.09. The van der Waals surface area contributed by atoms with Gasteiger partial charge in [-0.3, -0.25) is 9.78 Å². The fraction of sp³-hybridized carbons (Fsp3) is 0.389. The molecule has 2 rings (SSSR count).